The van der Waals surface area contributed by atoms with Crippen LogP contribution in [0.3, 0.4) is 0 Å². The Morgan fingerprint density at radius 1 is 0.870 bits per heavy atom. The Balaban J connectivity index is 1.97. The van der Waals surface area contributed by atoms with Crippen molar-refractivity contribution in [3.05, 3.63) is 74.1 Å². The van der Waals surface area contributed by atoms with Crippen LogP contribution in [0, 0.1) is 20.2 Å². The Bertz CT molecular complexity index is 835. The highest BCUT2D eigenvalue weighted by atomic mass is 32.1. The van der Waals surface area contributed by atoms with E-state index in [2.05, 4.69) is 4.98 Å². The van der Waals surface area contributed by atoms with Crippen LogP contribution in [0.4, 0.5) is 11.4 Å². The maximum Gasteiger partial charge on any atom is 0.270 e. The van der Waals surface area contributed by atoms with Gasteiger partial charge in [0.05, 0.1) is 15.5 Å². The molecule has 3 aromatic rings. The molecule has 1 aromatic heterocycles. The second-order valence-electron chi connectivity index (χ2n) is 4.65. The van der Waals surface area contributed by atoms with Crippen LogP contribution in [0.1, 0.15) is 0 Å². The second-order valence-corrected chi connectivity index (χ2v) is 5.51. The zero-order chi connectivity index (χ0) is 16.4. The van der Waals surface area contributed by atoms with Gasteiger partial charge in [-0.1, -0.05) is 24.3 Å². The molecule has 114 valence electrons. The zero-order valence-electron chi connectivity index (χ0n) is 11.6. The fraction of sp³-hybridized carbons (Fsp3) is 0. The third kappa shape index (κ3) is 3.06. The fourth-order valence-electron chi connectivity index (χ4n) is 2.07. The van der Waals surface area contributed by atoms with Crippen LogP contribution >= 0.6 is 11.3 Å². The predicted molar refractivity (Wildman–Crippen MR) is 86.3 cm³/mol. The lowest BCUT2D eigenvalue weighted by Crippen LogP contribution is -1.89. The first-order chi connectivity index (χ1) is 11.0. The van der Waals surface area contributed by atoms with Gasteiger partial charge in [-0.05, 0) is 0 Å². The minimum Gasteiger partial charge on any atom is -0.258 e. The van der Waals surface area contributed by atoms with Crippen LogP contribution in [0.25, 0.3) is 21.8 Å². The highest BCUT2D eigenvalue weighted by Gasteiger charge is 2.13. The standard InChI is InChI=1S/C15H9N3O4S/c19-17(20)12-5-1-3-10(7-12)14-9-23-15(16-14)11-4-2-6-13(8-11)18(21)22/h1-9H. The van der Waals surface area contributed by atoms with Crippen LogP contribution in [0.2, 0.25) is 0 Å². The van der Waals surface area contributed by atoms with Crippen molar-refractivity contribution in [3.63, 3.8) is 0 Å². The summed E-state index contributed by atoms with van der Waals surface area (Å²) >= 11 is 1.33. The molecule has 0 saturated heterocycles. The number of nitro groups is 2. The molecule has 0 radical (unpaired) electrons. The number of thiazole rings is 1. The van der Waals surface area contributed by atoms with Crippen molar-refractivity contribution in [1.29, 1.82) is 0 Å². The molecule has 0 aliphatic carbocycles. The van der Waals surface area contributed by atoms with Crippen LogP contribution in [-0.2, 0) is 0 Å². The van der Waals surface area contributed by atoms with E-state index in [-0.39, 0.29) is 11.4 Å². The largest absolute Gasteiger partial charge is 0.270 e. The predicted octanol–water partition coefficient (Wildman–Crippen LogP) is 4.29. The molecule has 0 atom stereocenters. The molecule has 1 heterocycles. The summed E-state index contributed by atoms with van der Waals surface area (Å²) in [6, 6.07) is 12.4. The Morgan fingerprint density at radius 3 is 2.04 bits per heavy atom. The van der Waals surface area contributed by atoms with Gasteiger partial charge in [0.25, 0.3) is 11.4 Å². The van der Waals surface area contributed by atoms with Crippen LogP contribution in [-0.4, -0.2) is 14.8 Å². The second kappa shape index (κ2) is 5.93. The molecule has 0 spiro atoms. The van der Waals surface area contributed by atoms with E-state index >= 15 is 0 Å². The molecule has 7 nitrogen and oxygen atoms in total. The highest BCUT2D eigenvalue weighted by Crippen LogP contribution is 2.31. The van der Waals surface area contributed by atoms with E-state index in [9.17, 15) is 20.2 Å². The highest BCUT2D eigenvalue weighted by molar-refractivity contribution is 7.13. The summed E-state index contributed by atoms with van der Waals surface area (Å²) in [5.41, 5.74) is 1.86. The van der Waals surface area contributed by atoms with E-state index in [0.29, 0.717) is 21.8 Å². The van der Waals surface area contributed by atoms with E-state index in [1.165, 1.54) is 35.6 Å². The number of aromatic nitrogens is 1. The molecular formula is C15H9N3O4S. The monoisotopic (exact) mass is 327 g/mol. The van der Waals surface area contributed by atoms with E-state index in [1.54, 1.807) is 29.6 Å². The quantitative estimate of drug-likeness (QED) is 0.525. The average Bonchev–Trinajstić information content (AvgIpc) is 3.05. The molecule has 8 heteroatoms. The van der Waals surface area contributed by atoms with E-state index in [4.69, 9.17) is 0 Å². The van der Waals surface area contributed by atoms with Crippen LogP contribution in [0.5, 0.6) is 0 Å². The van der Waals surface area contributed by atoms with Crippen molar-refractivity contribution in [2.75, 3.05) is 0 Å². The average molecular weight is 327 g/mol. The maximum absolute atomic E-state index is 10.8. The molecular weight excluding hydrogens is 318 g/mol. The first kappa shape index (κ1) is 14.8. The molecule has 0 N–H and O–H groups in total. The topological polar surface area (TPSA) is 99.2 Å². The number of benzene rings is 2. The summed E-state index contributed by atoms with van der Waals surface area (Å²) < 4.78 is 0. The number of hydrogen-bond donors (Lipinski definition) is 0. The summed E-state index contributed by atoms with van der Waals surface area (Å²) in [6.07, 6.45) is 0. The molecule has 0 aliphatic heterocycles. The molecule has 23 heavy (non-hydrogen) atoms. The Morgan fingerprint density at radius 2 is 1.43 bits per heavy atom. The van der Waals surface area contributed by atoms with Crippen molar-refractivity contribution < 1.29 is 9.85 Å². The van der Waals surface area contributed by atoms with Crippen molar-refractivity contribution >= 4 is 22.7 Å². The minimum absolute atomic E-state index is 0.00500. The van der Waals surface area contributed by atoms with Crippen molar-refractivity contribution in [2.24, 2.45) is 0 Å². The SMILES string of the molecule is O=[N+]([O-])c1cccc(-c2csc(-c3cccc([N+](=O)[O-])c3)n2)c1. The van der Waals surface area contributed by atoms with Gasteiger partial charge >= 0.3 is 0 Å². The van der Waals surface area contributed by atoms with Crippen molar-refractivity contribution in [1.82, 2.24) is 4.98 Å². The molecule has 2 aromatic carbocycles. The number of nitro benzene ring substituents is 2. The maximum atomic E-state index is 10.8. The molecule has 0 aliphatic rings. The van der Waals surface area contributed by atoms with Crippen molar-refractivity contribution in [2.45, 2.75) is 0 Å². The zero-order valence-corrected chi connectivity index (χ0v) is 12.4. The van der Waals surface area contributed by atoms with Gasteiger partial charge in [0, 0.05) is 40.8 Å². The van der Waals surface area contributed by atoms with Gasteiger partial charge in [-0.25, -0.2) is 4.98 Å². The van der Waals surface area contributed by atoms with E-state index in [0.717, 1.165) is 0 Å². The summed E-state index contributed by atoms with van der Waals surface area (Å²) in [4.78, 5) is 25.2. The number of nitrogens with zero attached hydrogens (tertiary/aromatic N) is 3. The molecule has 0 fully saturated rings. The lowest BCUT2D eigenvalue weighted by atomic mass is 10.1. The first-order valence-corrected chi connectivity index (χ1v) is 7.38. The third-order valence-electron chi connectivity index (χ3n) is 3.16. The lowest BCUT2D eigenvalue weighted by Gasteiger charge is -1.98. The molecule has 0 bridgehead atoms. The van der Waals surface area contributed by atoms with Gasteiger partial charge in [0.15, 0.2) is 0 Å². The summed E-state index contributed by atoms with van der Waals surface area (Å²) in [5.74, 6) is 0. The Kier molecular flexibility index (Phi) is 3.82. The Hall–Kier alpha value is -3.13. The molecule has 0 saturated carbocycles. The molecule has 0 amide bonds. The number of rotatable bonds is 4. The van der Waals surface area contributed by atoms with Gasteiger partial charge in [-0.15, -0.1) is 11.3 Å². The molecule has 0 unspecified atom stereocenters. The smallest absolute Gasteiger partial charge is 0.258 e. The first-order valence-electron chi connectivity index (χ1n) is 6.50. The summed E-state index contributed by atoms with van der Waals surface area (Å²) in [5, 5.41) is 24.1. The lowest BCUT2D eigenvalue weighted by molar-refractivity contribution is -0.385. The summed E-state index contributed by atoms with van der Waals surface area (Å²) in [7, 11) is 0. The van der Waals surface area contributed by atoms with Gasteiger partial charge in [0.1, 0.15) is 5.01 Å². The van der Waals surface area contributed by atoms with E-state index < -0.39 is 9.85 Å². The van der Waals surface area contributed by atoms with Gasteiger partial charge < -0.3 is 0 Å². The van der Waals surface area contributed by atoms with Crippen LogP contribution in [0.15, 0.2) is 53.9 Å². The summed E-state index contributed by atoms with van der Waals surface area (Å²) in [6.45, 7) is 0. The van der Waals surface area contributed by atoms with Crippen molar-refractivity contribution in [3.8, 4) is 21.8 Å². The number of non-ortho nitro benzene ring substituents is 2. The number of hydrogen-bond acceptors (Lipinski definition) is 6. The van der Waals surface area contributed by atoms with Gasteiger partial charge in [-0.3, -0.25) is 20.2 Å². The van der Waals surface area contributed by atoms with Crippen LogP contribution < -0.4 is 0 Å². The normalized spacial score (nSPS) is 10.4. The molecule has 3 rings (SSSR count). The van der Waals surface area contributed by atoms with Gasteiger partial charge in [-0.2, -0.15) is 0 Å². The Labute approximate surface area is 134 Å². The third-order valence-corrected chi connectivity index (χ3v) is 4.05. The van der Waals surface area contributed by atoms with Gasteiger partial charge in [0.2, 0.25) is 0 Å². The van der Waals surface area contributed by atoms with E-state index in [1.807, 2.05) is 0 Å². The fourth-order valence-corrected chi connectivity index (χ4v) is 2.90. The minimum atomic E-state index is -0.461.